The Morgan fingerprint density at radius 2 is 2.25 bits per heavy atom. The van der Waals surface area contributed by atoms with Gasteiger partial charge in [0.15, 0.2) is 5.13 Å². The average Bonchev–Trinajstić information content (AvgIpc) is 2.79. The summed E-state index contributed by atoms with van der Waals surface area (Å²) in [6, 6.07) is 0.278. The van der Waals surface area contributed by atoms with Gasteiger partial charge in [0.2, 0.25) is 0 Å². The smallest absolute Gasteiger partial charge is 0.268 e. The lowest BCUT2D eigenvalue weighted by atomic mass is 9.93. The van der Waals surface area contributed by atoms with Crippen LogP contribution < -0.4 is 10.6 Å². The summed E-state index contributed by atoms with van der Waals surface area (Å²) in [6.45, 7) is 8.07. The van der Waals surface area contributed by atoms with Crippen molar-refractivity contribution in [3.8, 4) is 0 Å². The van der Waals surface area contributed by atoms with Crippen LogP contribution >= 0.6 is 11.3 Å². The summed E-state index contributed by atoms with van der Waals surface area (Å²) in [5.74, 6) is 1.09. The third-order valence-electron chi connectivity index (χ3n) is 4.04. The van der Waals surface area contributed by atoms with Crippen molar-refractivity contribution in [2.75, 3.05) is 30.8 Å². The molecule has 112 valence electrons. The first kappa shape index (κ1) is 15.1. The monoisotopic (exact) mass is 296 g/mol. The summed E-state index contributed by atoms with van der Waals surface area (Å²) < 4.78 is 0. The van der Waals surface area contributed by atoms with Crippen LogP contribution in [0.1, 0.15) is 43.3 Å². The van der Waals surface area contributed by atoms with E-state index in [9.17, 15) is 4.79 Å². The SMILES string of the molecule is CCN(C)c1nc(N)c(C(=O)N2CCC(C)CC2C)s1. The van der Waals surface area contributed by atoms with Gasteiger partial charge in [-0.15, -0.1) is 0 Å². The van der Waals surface area contributed by atoms with E-state index in [4.69, 9.17) is 5.73 Å². The Kier molecular flexibility index (Phi) is 4.52. The Labute approximate surface area is 124 Å². The van der Waals surface area contributed by atoms with Gasteiger partial charge in [0.1, 0.15) is 10.7 Å². The van der Waals surface area contributed by atoms with Crippen molar-refractivity contribution >= 4 is 28.2 Å². The van der Waals surface area contributed by atoms with E-state index in [1.165, 1.54) is 11.3 Å². The van der Waals surface area contributed by atoms with Gasteiger partial charge in [-0.25, -0.2) is 4.98 Å². The largest absolute Gasteiger partial charge is 0.382 e. The molecule has 1 aliphatic heterocycles. The van der Waals surface area contributed by atoms with Crippen molar-refractivity contribution in [2.45, 2.75) is 39.7 Å². The molecule has 0 saturated carbocycles. The summed E-state index contributed by atoms with van der Waals surface area (Å²) in [4.78, 5) is 21.5. The number of likely N-dealkylation sites (tertiary alicyclic amines) is 1. The van der Waals surface area contributed by atoms with E-state index in [2.05, 4.69) is 18.8 Å². The highest BCUT2D eigenvalue weighted by Crippen LogP contribution is 2.31. The number of amides is 1. The van der Waals surface area contributed by atoms with Crippen LogP contribution in [0.4, 0.5) is 10.9 Å². The quantitative estimate of drug-likeness (QED) is 0.930. The Bertz CT molecular complexity index is 488. The van der Waals surface area contributed by atoms with E-state index >= 15 is 0 Å². The third-order valence-corrected chi connectivity index (χ3v) is 5.21. The molecular formula is C14H24N4OS. The number of nitrogens with two attached hydrogens (primary N) is 1. The summed E-state index contributed by atoms with van der Waals surface area (Å²) in [6.07, 6.45) is 2.13. The van der Waals surface area contributed by atoms with Crippen molar-refractivity contribution in [3.05, 3.63) is 4.88 Å². The second-order valence-electron chi connectivity index (χ2n) is 5.70. The number of hydrogen-bond donors (Lipinski definition) is 1. The molecule has 2 N–H and O–H groups in total. The van der Waals surface area contributed by atoms with Gasteiger partial charge in [0.05, 0.1) is 0 Å². The number of carbonyl (C=O) groups excluding carboxylic acids is 1. The second-order valence-corrected chi connectivity index (χ2v) is 6.68. The highest BCUT2D eigenvalue weighted by atomic mass is 32.1. The summed E-state index contributed by atoms with van der Waals surface area (Å²) in [5.41, 5.74) is 5.94. The summed E-state index contributed by atoms with van der Waals surface area (Å²) in [5, 5.41) is 0.811. The molecule has 1 aliphatic rings. The maximum Gasteiger partial charge on any atom is 0.268 e. The molecular weight excluding hydrogens is 272 g/mol. The lowest BCUT2D eigenvalue weighted by Gasteiger charge is -2.36. The minimum Gasteiger partial charge on any atom is -0.382 e. The fourth-order valence-electron chi connectivity index (χ4n) is 2.61. The minimum absolute atomic E-state index is 0.0372. The summed E-state index contributed by atoms with van der Waals surface area (Å²) >= 11 is 1.40. The zero-order chi connectivity index (χ0) is 14.9. The van der Waals surface area contributed by atoms with E-state index in [-0.39, 0.29) is 11.9 Å². The standard InChI is InChI=1S/C14H24N4OS/c1-5-17(4)14-16-12(15)11(20-14)13(19)18-7-6-9(2)8-10(18)3/h9-10H,5-8,15H2,1-4H3. The highest BCUT2D eigenvalue weighted by molar-refractivity contribution is 7.18. The van der Waals surface area contributed by atoms with E-state index in [1.807, 2.05) is 23.8 Å². The number of piperidine rings is 1. The molecule has 5 nitrogen and oxygen atoms in total. The number of aromatic nitrogens is 1. The molecule has 2 heterocycles. The normalized spacial score (nSPS) is 22.9. The van der Waals surface area contributed by atoms with Gasteiger partial charge < -0.3 is 15.5 Å². The fraction of sp³-hybridized carbons (Fsp3) is 0.714. The molecule has 1 aromatic rings. The van der Waals surface area contributed by atoms with Gasteiger partial charge in [0, 0.05) is 26.2 Å². The van der Waals surface area contributed by atoms with Crippen LogP contribution in [-0.2, 0) is 0 Å². The molecule has 1 saturated heterocycles. The number of hydrogen-bond acceptors (Lipinski definition) is 5. The first-order chi connectivity index (χ1) is 9.43. The fourth-order valence-corrected chi connectivity index (χ4v) is 3.58. The molecule has 1 fully saturated rings. The highest BCUT2D eigenvalue weighted by Gasteiger charge is 2.30. The molecule has 0 aromatic carbocycles. The molecule has 20 heavy (non-hydrogen) atoms. The van der Waals surface area contributed by atoms with Crippen molar-refractivity contribution in [1.29, 1.82) is 0 Å². The Balaban J connectivity index is 2.19. The number of rotatable bonds is 3. The van der Waals surface area contributed by atoms with Crippen molar-refractivity contribution in [3.63, 3.8) is 0 Å². The first-order valence-electron chi connectivity index (χ1n) is 7.22. The summed E-state index contributed by atoms with van der Waals surface area (Å²) in [7, 11) is 1.96. The van der Waals surface area contributed by atoms with Crippen molar-refractivity contribution in [1.82, 2.24) is 9.88 Å². The average molecular weight is 296 g/mol. The Morgan fingerprint density at radius 3 is 2.85 bits per heavy atom. The molecule has 1 aromatic heterocycles. The molecule has 0 bridgehead atoms. The molecule has 0 spiro atoms. The number of carbonyl (C=O) groups is 1. The topological polar surface area (TPSA) is 62.5 Å². The van der Waals surface area contributed by atoms with Gasteiger partial charge in [0.25, 0.3) is 5.91 Å². The van der Waals surface area contributed by atoms with Gasteiger partial charge >= 0.3 is 0 Å². The predicted molar refractivity (Wildman–Crippen MR) is 84.4 cm³/mol. The zero-order valence-corrected chi connectivity index (χ0v) is 13.5. The maximum atomic E-state index is 12.7. The first-order valence-corrected chi connectivity index (χ1v) is 8.04. The van der Waals surface area contributed by atoms with Crippen LogP contribution in [0.5, 0.6) is 0 Å². The lowest BCUT2D eigenvalue weighted by molar-refractivity contribution is 0.0594. The van der Waals surface area contributed by atoms with Crippen molar-refractivity contribution in [2.24, 2.45) is 5.92 Å². The van der Waals surface area contributed by atoms with Crippen LogP contribution in [0.25, 0.3) is 0 Å². The van der Waals surface area contributed by atoms with Crippen molar-refractivity contribution < 1.29 is 4.79 Å². The number of anilines is 2. The van der Waals surface area contributed by atoms with Gasteiger partial charge in [-0.1, -0.05) is 18.3 Å². The van der Waals surface area contributed by atoms with Crippen LogP contribution in [0.15, 0.2) is 0 Å². The van der Waals surface area contributed by atoms with E-state index in [0.717, 1.165) is 31.1 Å². The molecule has 2 unspecified atom stereocenters. The van der Waals surface area contributed by atoms with Gasteiger partial charge in [-0.2, -0.15) is 0 Å². The molecule has 0 radical (unpaired) electrons. The Morgan fingerprint density at radius 1 is 1.55 bits per heavy atom. The Hall–Kier alpha value is -1.30. The molecule has 1 amide bonds. The second kappa shape index (κ2) is 5.99. The predicted octanol–water partition coefficient (Wildman–Crippen LogP) is 2.44. The number of thiazole rings is 1. The van der Waals surface area contributed by atoms with Crippen LogP contribution in [0.3, 0.4) is 0 Å². The minimum atomic E-state index is 0.0372. The van der Waals surface area contributed by atoms with E-state index in [0.29, 0.717) is 16.6 Å². The van der Waals surface area contributed by atoms with Crippen LogP contribution in [-0.4, -0.2) is 42.0 Å². The van der Waals surface area contributed by atoms with Gasteiger partial charge in [-0.3, -0.25) is 4.79 Å². The third kappa shape index (κ3) is 2.90. The number of nitrogens with zero attached hydrogens (tertiary/aromatic N) is 3. The number of nitrogen functional groups attached to an aromatic ring is 1. The molecule has 2 atom stereocenters. The molecule has 2 rings (SSSR count). The molecule has 0 aliphatic carbocycles. The lowest BCUT2D eigenvalue weighted by Crippen LogP contribution is -2.44. The van der Waals surface area contributed by atoms with Gasteiger partial charge in [-0.05, 0) is 32.6 Å². The van der Waals surface area contributed by atoms with E-state index < -0.39 is 0 Å². The van der Waals surface area contributed by atoms with E-state index in [1.54, 1.807) is 0 Å². The maximum absolute atomic E-state index is 12.7. The molecule has 6 heteroatoms. The van der Waals surface area contributed by atoms with Crippen LogP contribution in [0, 0.1) is 5.92 Å². The zero-order valence-electron chi connectivity index (χ0n) is 12.7. The van der Waals surface area contributed by atoms with Crippen LogP contribution in [0.2, 0.25) is 0 Å².